The van der Waals surface area contributed by atoms with Crippen LogP contribution in [0.2, 0.25) is 18.1 Å². The number of likely N-dealkylation sites (tertiary alicyclic amines) is 1. The quantitative estimate of drug-likeness (QED) is 0.614. The molecule has 1 aromatic carbocycles. The van der Waals surface area contributed by atoms with Crippen molar-refractivity contribution in [1.82, 2.24) is 4.90 Å². The van der Waals surface area contributed by atoms with Gasteiger partial charge in [0.05, 0.1) is 12.6 Å². The van der Waals surface area contributed by atoms with E-state index >= 15 is 0 Å². The summed E-state index contributed by atoms with van der Waals surface area (Å²) in [6, 6.07) is 6.64. The third-order valence-electron chi connectivity index (χ3n) is 6.37. The topological polar surface area (TPSA) is 29.5 Å². The maximum atomic E-state index is 12.7. The molecule has 0 spiro atoms. The fourth-order valence-corrected chi connectivity index (χ4v) is 5.44. The first-order valence-electron chi connectivity index (χ1n) is 9.32. The number of halogens is 1. The van der Waals surface area contributed by atoms with Crippen LogP contribution >= 0.6 is 15.9 Å². The molecule has 0 N–H and O–H groups in total. The largest absolute Gasteiger partial charge is 0.415 e. The number of fused-ring (bicyclic) bond motifs is 3. The van der Waals surface area contributed by atoms with E-state index in [1.165, 1.54) is 15.6 Å². The molecule has 0 aromatic heterocycles. The van der Waals surface area contributed by atoms with Crippen LogP contribution in [0, 0.1) is 5.92 Å². The molecule has 1 amide bonds. The lowest BCUT2D eigenvalue weighted by molar-refractivity contribution is -0.139. The van der Waals surface area contributed by atoms with E-state index in [4.69, 9.17) is 4.43 Å². The summed E-state index contributed by atoms with van der Waals surface area (Å²) in [6.45, 7) is 12.7. The molecular formula is C20H30BrNO2Si. The van der Waals surface area contributed by atoms with Crippen molar-refractivity contribution in [2.75, 3.05) is 13.2 Å². The lowest BCUT2D eigenvalue weighted by Gasteiger charge is -2.40. The van der Waals surface area contributed by atoms with Gasteiger partial charge in [-0.3, -0.25) is 4.79 Å². The number of carbonyl (C=O) groups is 1. The molecule has 25 heavy (non-hydrogen) atoms. The Morgan fingerprint density at radius 1 is 1.32 bits per heavy atom. The van der Waals surface area contributed by atoms with E-state index < -0.39 is 8.32 Å². The number of amides is 1. The summed E-state index contributed by atoms with van der Waals surface area (Å²) < 4.78 is 7.53. The second-order valence-electron chi connectivity index (χ2n) is 8.95. The lowest BCUT2D eigenvalue weighted by Crippen LogP contribution is -2.46. The zero-order valence-corrected chi connectivity index (χ0v) is 18.6. The van der Waals surface area contributed by atoms with Gasteiger partial charge in [-0.1, -0.05) is 48.8 Å². The zero-order chi connectivity index (χ0) is 18.4. The van der Waals surface area contributed by atoms with Crippen molar-refractivity contribution in [3.8, 4) is 0 Å². The molecule has 3 rings (SSSR count). The maximum Gasteiger partial charge on any atom is 0.223 e. The second-order valence-corrected chi connectivity index (χ2v) is 14.6. The Hall–Kier alpha value is -0.653. The highest BCUT2D eigenvalue weighted by atomic mass is 79.9. The van der Waals surface area contributed by atoms with Gasteiger partial charge in [0.25, 0.3) is 0 Å². The molecule has 1 aliphatic carbocycles. The number of nitrogens with zero attached hydrogens (tertiary/aromatic N) is 1. The maximum absolute atomic E-state index is 12.7. The Kier molecular flexibility index (Phi) is 5.22. The minimum absolute atomic E-state index is 0.201. The van der Waals surface area contributed by atoms with E-state index in [1.54, 1.807) is 0 Å². The SMILES string of the molecule is CC(C)(C)[Si](C)(C)OCCN1C(=O)CCC2Cc3c(Br)cccc3C21. The number of benzene rings is 1. The fourth-order valence-electron chi connectivity index (χ4n) is 3.86. The van der Waals surface area contributed by atoms with Crippen LogP contribution in [0.5, 0.6) is 0 Å². The second kappa shape index (κ2) is 6.82. The molecule has 2 atom stereocenters. The summed E-state index contributed by atoms with van der Waals surface area (Å²) in [7, 11) is -1.77. The number of rotatable bonds is 4. The van der Waals surface area contributed by atoms with E-state index in [0.717, 1.165) is 12.8 Å². The molecule has 1 aliphatic heterocycles. The third kappa shape index (κ3) is 3.60. The van der Waals surface area contributed by atoms with Crippen molar-refractivity contribution in [2.45, 2.75) is 64.2 Å². The predicted octanol–water partition coefficient (Wildman–Crippen LogP) is 5.31. The first-order chi connectivity index (χ1) is 11.6. The predicted molar refractivity (Wildman–Crippen MR) is 108 cm³/mol. The van der Waals surface area contributed by atoms with Crippen molar-refractivity contribution in [3.63, 3.8) is 0 Å². The van der Waals surface area contributed by atoms with Crippen LogP contribution < -0.4 is 0 Å². The Balaban J connectivity index is 1.75. The Morgan fingerprint density at radius 2 is 2.04 bits per heavy atom. The van der Waals surface area contributed by atoms with Crippen molar-refractivity contribution in [2.24, 2.45) is 5.92 Å². The average molecular weight is 424 g/mol. The molecule has 1 saturated heterocycles. The van der Waals surface area contributed by atoms with Gasteiger partial charge in [-0.2, -0.15) is 0 Å². The normalized spacial score (nSPS) is 23.6. The van der Waals surface area contributed by atoms with Crippen LogP contribution in [0.25, 0.3) is 0 Å². The summed E-state index contributed by atoms with van der Waals surface area (Å²) >= 11 is 3.69. The number of carbonyl (C=O) groups excluding carboxylic acids is 1. The van der Waals surface area contributed by atoms with Gasteiger partial charge in [0.2, 0.25) is 5.91 Å². The molecule has 0 bridgehead atoms. The van der Waals surface area contributed by atoms with Crippen LogP contribution in [-0.4, -0.2) is 32.3 Å². The number of hydrogen-bond acceptors (Lipinski definition) is 2. The molecule has 2 aliphatic rings. The van der Waals surface area contributed by atoms with Crippen LogP contribution in [0.15, 0.2) is 22.7 Å². The average Bonchev–Trinajstić information content (AvgIpc) is 2.89. The van der Waals surface area contributed by atoms with Crippen molar-refractivity contribution >= 4 is 30.2 Å². The summed E-state index contributed by atoms with van der Waals surface area (Å²) in [4.78, 5) is 14.8. The van der Waals surface area contributed by atoms with E-state index in [1.807, 2.05) is 0 Å². The first-order valence-corrected chi connectivity index (χ1v) is 13.0. The number of hydrogen-bond donors (Lipinski definition) is 0. The summed E-state index contributed by atoms with van der Waals surface area (Å²) in [5.41, 5.74) is 2.72. The van der Waals surface area contributed by atoms with Gasteiger partial charge in [-0.15, -0.1) is 0 Å². The van der Waals surface area contributed by atoms with Gasteiger partial charge in [0.15, 0.2) is 8.32 Å². The summed E-state index contributed by atoms with van der Waals surface area (Å²) in [6.07, 6.45) is 2.76. The van der Waals surface area contributed by atoms with Gasteiger partial charge in [0, 0.05) is 17.4 Å². The Bertz CT molecular complexity index is 668. The van der Waals surface area contributed by atoms with Crippen LogP contribution in [0.4, 0.5) is 0 Å². The monoisotopic (exact) mass is 423 g/mol. The summed E-state index contributed by atoms with van der Waals surface area (Å²) in [5.74, 6) is 0.840. The van der Waals surface area contributed by atoms with E-state index in [0.29, 0.717) is 25.5 Å². The molecule has 5 heteroatoms. The smallest absolute Gasteiger partial charge is 0.223 e. The first kappa shape index (κ1) is 19.1. The van der Waals surface area contributed by atoms with Crippen LogP contribution in [0.1, 0.15) is 50.8 Å². The van der Waals surface area contributed by atoms with Gasteiger partial charge in [-0.25, -0.2) is 0 Å². The van der Waals surface area contributed by atoms with Crippen molar-refractivity contribution < 1.29 is 9.22 Å². The minimum Gasteiger partial charge on any atom is -0.415 e. The fraction of sp³-hybridized carbons (Fsp3) is 0.650. The molecule has 0 saturated carbocycles. The molecule has 1 fully saturated rings. The van der Waals surface area contributed by atoms with Gasteiger partial charge in [0.1, 0.15) is 0 Å². The highest BCUT2D eigenvalue weighted by Gasteiger charge is 2.43. The van der Waals surface area contributed by atoms with Crippen LogP contribution in [-0.2, 0) is 15.6 Å². The van der Waals surface area contributed by atoms with Gasteiger partial charge in [-0.05, 0) is 54.1 Å². The summed E-state index contributed by atoms with van der Waals surface area (Å²) in [5, 5.41) is 0.201. The highest BCUT2D eigenvalue weighted by Crippen LogP contribution is 2.47. The minimum atomic E-state index is -1.77. The Labute approximate surface area is 161 Å². The Morgan fingerprint density at radius 3 is 2.72 bits per heavy atom. The molecule has 2 unspecified atom stereocenters. The van der Waals surface area contributed by atoms with E-state index in [2.05, 4.69) is 72.9 Å². The van der Waals surface area contributed by atoms with E-state index in [9.17, 15) is 4.79 Å². The van der Waals surface area contributed by atoms with Crippen molar-refractivity contribution in [1.29, 1.82) is 0 Å². The standard InChI is InChI=1S/C20H30BrNO2Si/c1-20(2,3)25(4,5)24-12-11-22-18(23)10-9-14-13-16-15(19(14)22)7-6-8-17(16)21/h6-8,14,19H,9-13H2,1-5H3. The van der Waals surface area contributed by atoms with Crippen molar-refractivity contribution in [3.05, 3.63) is 33.8 Å². The molecule has 1 aromatic rings. The van der Waals surface area contributed by atoms with Gasteiger partial charge < -0.3 is 9.33 Å². The number of piperidine rings is 1. The molecule has 3 nitrogen and oxygen atoms in total. The molecular weight excluding hydrogens is 394 g/mol. The molecule has 138 valence electrons. The van der Waals surface area contributed by atoms with E-state index in [-0.39, 0.29) is 17.0 Å². The zero-order valence-electron chi connectivity index (χ0n) is 16.1. The lowest BCUT2D eigenvalue weighted by atomic mass is 9.89. The highest BCUT2D eigenvalue weighted by molar-refractivity contribution is 9.10. The molecule has 1 heterocycles. The molecule has 0 radical (unpaired) electrons. The third-order valence-corrected chi connectivity index (χ3v) is 11.7. The van der Waals surface area contributed by atoms with Crippen LogP contribution in [0.3, 0.4) is 0 Å². The van der Waals surface area contributed by atoms with Gasteiger partial charge >= 0.3 is 0 Å².